The van der Waals surface area contributed by atoms with Crippen molar-refractivity contribution in [2.24, 2.45) is 0 Å². The molecule has 6 heteroatoms. The Morgan fingerprint density at radius 1 is 1.53 bits per heavy atom. The van der Waals surface area contributed by atoms with E-state index < -0.39 is 4.92 Å². The van der Waals surface area contributed by atoms with Crippen molar-refractivity contribution in [3.05, 3.63) is 33.9 Å². The predicted molar refractivity (Wildman–Crippen MR) is 72.1 cm³/mol. The minimum Gasteiger partial charge on any atom is -0.358 e. The summed E-state index contributed by atoms with van der Waals surface area (Å²) in [5, 5.41) is 23.4. The summed E-state index contributed by atoms with van der Waals surface area (Å²) in [6, 6.07) is 6.53. The van der Waals surface area contributed by atoms with Gasteiger partial charge in [0.2, 0.25) is 0 Å². The van der Waals surface area contributed by atoms with Crippen molar-refractivity contribution >= 4 is 11.4 Å². The molecule has 0 bridgehead atoms. The number of nitro benzene ring substituents is 1. The monoisotopic (exact) mass is 260 g/mol. The third-order valence-electron chi connectivity index (χ3n) is 3.39. The van der Waals surface area contributed by atoms with Gasteiger partial charge in [-0.25, -0.2) is 0 Å². The van der Waals surface area contributed by atoms with E-state index in [2.05, 4.69) is 5.32 Å². The maximum atomic E-state index is 11.2. The second-order valence-electron chi connectivity index (χ2n) is 5.21. The molecule has 0 aliphatic carbocycles. The van der Waals surface area contributed by atoms with Crippen LogP contribution in [0.3, 0.4) is 0 Å². The second-order valence-corrected chi connectivity index (χ2v) is 5.21. The van der Waals surface area contributed by atoms with Gasteiger partial charge in [0.1, 0.15) is 5.69 Å². The maximum Gasteiger partial charge on any atom is 0.292 e. The molecule has 1 aliphatic heterocycles. The molecule has 100 valence electrons. The van der Waals surface area contributed by atoms with Crippen LogP contribution in [0.2, 0.25) is 0 Å². The molecular formula is C13H16N4O2. The summed E-state index contributed by atoms with van der Waals surface area (Å²) in [5.74, 6) is 0. The van der Waals surface area contributed by atoms with Gasteiger partial charge in [-0.3, -0.25) is 10.1 Å². The molecule has 2 rings (SSSR count). The van der Waals surface area contributed by atoms with E-state index in [0.29, 0.717) is 17.8 Å². The minimum absolute atomic E-state index is 0.0500. The Labute approximate surface area is 111 Å². The first-order valence-corrected chi connectivity index (χ1v) is 6.12. The molecular weight excluding hydrogens is 244 g/mol. The quantitative estimate of drug-likeness (QED) is 0.646. The van der Waals surface area contributed by atoms with E-state index >= 15 is 0 Å². The molecule has 1 fully saturated rings. The Hall–Kier alpha value is -2.13. The highest BCUT2D eigenvalue weighted by Gasteiger charge is 2.33. The molecule has 1 aliphatic rings. The van der Waals surface area contributed by atoms with Crippen LogP contribution in [0.5, 0.6) is 0 Å². The van der Waals surface area contributed by atoms with E-state index in [9.17, 15) is 10.1 Å². The lowest BCUT2D eigenvalue weighted by molar-refractivity contribution is -0.384. The van der Waals surface area contributed by atoms with Crippen molar-refractivity contribution in [1.29, 1.82) is 5.26 Å². The van der Waals surface area contributed by atoms with Gasteiger partial charge in [0.15, 0.2) is 0 Å². The van der Waals surface area contributed by atoms with Crippen molar-refractivity contribution in [3.8, 4) is 6.07 Å². The van der Waals surface area contributed by atoms with Crippen LogP contribution < -0.4 is 10.2 Å². The molecule has 6 nitrogen and oxygen atoms in total. The smallest absolute Gasteiger partial charge is 0.292 e. The fourth-order valence-corrected chi connectivity index (χ4v) is 2.39. The summed E-state index contributed by atoms with van der Waals surface area (Å²) in [6.07, 6.45) is 0. The summed E-state index contributed by atoms with van der Waals surface area (Å²) in [6.45, 7) is 6.27. The number of hydrogen-bond acceptors (Lipinski definition) is 5. The molecule has 0 radical (unpaired) electrons. The van der Waals surface area contributed by atoms with Gasteiger partial charge in [0, 0.05) is 31.2 Å². The number of anilines is 1. The van der Waals surface area contributed by atoms with Crippen molar-refractivity contribution < 1.29 is 4.92 Å². The number of piperazine rings is 1. The van der Waals surface area contributed by atoms with Crippen LogP contribution in [0, 0.1) is 21.4 Å². The van der Waals surface area contributed by atoms with Gasteiger partial charge in [0.25, 0.3) is 5.69 Å². The van der Waals surface area contributed by atoms with Gasteiger partial charge in [-0.2, -0.15) is 5.26 Å². The lowest BCUT2D eigenvalue weighted by atomic mass is 9.98. The number of benzene rings is 1. The summed E-state index contributed by atoms with van der Waals surface area (Å²) < 4.78 is 0. The van der Waals surface area contributed by atoms with Crippen LogP contribution >= 0.6 is 0 Å². The maximum absolute atomic E-state index is 11.2. The number of hydrogen-bond donors (Lipinski definition) is 1. The molecule has 0 saturated carbocycles. The average molecular weight is 260 g/mol. The van der Waals surface area contributed by atoms with Crippen molar-refractivity contribution in [2.75, 3.05) is 24.5 Å². The Kier molecular flexibility index (Phi) is 3.40. The lowest BCUT2D eigenvalue weighted by Gasteiger charge is -2.44. The van der Waals surface area contributed by atoms with E-state index in [1.54, 1.807) is 6.07 Å². The fourth-order valence-electron chi connectivity index (χ4n) is 2.39. The van der Waals surface area contributed by atoms with Crippen LogP contribution in [0.25, 0.3) is 0 Å². The third-order valence-corrected chi connectivity index (χ3v) is 3.39. The average Bonchev–Trinajstić information content (AvgIpc) is 2.37. The normalized spacial score (nSPS) is 17.8. The van der Waals surface area contributed by atoms with Gasteiger partial charge < -0.3 is 10.2 Å². The number of nitro groups is 1. The number of nitrogens with zero attached hydrogens (tertiary/aromatic N) is 3. The van der Waals surface area contributed by atoms with Crippen molar-refractivity contribution in [2.45, 2.75) is 19.4 Å². The molecule has 19 heavy (non-hydrogen) atoms. The Morgan fingerprint density at radius 3 is 2.84 bits per heavy atom. The van der Waals surface area contributed by atoms with Gasteiger partial charge in [-0.1, -0.05) is 0 Å². The van der Waals surface area contributed by atoms with E-state index in [0.717, 1.165) is 13.1 Å². The summed E-state index contributed by atoms with van der Waals surface area (Å²) >= 11 is 0. The number of nitrogens with one attached hydrogen (secondary N) is 1. The van der Waals surface area contributed by atoms with Gasteiger partial charge >= 0.3 is 0 Å². The van der Waals surface area contributed by atoms with Crippen molar-refractivity contribution in [1.82, 2.24) is 5.32 Å². The van der Waals surface area contributed by atoms with E-state index in [1.807, 2.05) is 24.8 Å². The predicted octanol–water partition coefficient (Wildman–Crippen LogP) is 1.65. The third kappa shape index (κ3) is 2.51. The van der Waals surface area contributed by atoms with Crippen LogP contribution in [0.15, 0.2) is 18.2 Å². The molecule has 0 aromatic heterocycles. The van der Waals surface area contributed by atoms with E-state index in [-0.39, 0.29) is 11.2 Å². The first kappa shape index (κ1) is 13.3. The highest BCUT2D eigenvalue weighted by molar-refractivity contribution is 5.67. The molecule has 1 N–H and O–H groups in total. The number of nitriles is 1. The van der Waals surface area contributed by atoms with E-state index in [1.165, 1.54) is 12.1 Å². The molecule has 0 atom stereocenters. The molecule has 0 spiro atoms. The highest BCUT2D eigenvalue weighted by atomic mass is 16.6. The van der Waals surface area contributed by atoms with Gasteiger partial charge in [0.05, 0.1) is 16.6 Å². The Morgan fingerprint density at radius 2 is 2.26 bits per heavy atom. The zero-order chi connectivity index (χ0) is 14.0. The zero-order valence-electron chi connectivity index (χ0n) is 11.0. The zero-order valence-corrected chi connectivity index (χ0v) is 11.0. The molecule has 1 heterocycles. The van der Waals surface area contributed by atoms with Crippen LogP contribution in [0.1, 0.15) is 19.4 Å². The summed E-state index contributed by atoms with van der Waals surface area (Å²) in [5.41, 5.74) is 0.788. The molecule has 1 aromatic rings. The number of rotatable bonds is 2. The Bertz CT molecular complexity index is 548. The molecule has 0 amide bonds. The van der Waals surface area contributed by atoms with Crippen molar-refractivity contribution in [3.63, 3.8) is 0 Å². The van der Waals surface area contributed by atoms with Crippen LogP contribution in [0.4, 0.5) is 11.4 Å². The topological polar surface area (TPSA) is 82.2 Å². The van der Waals surface area contributed by atoms with Gasteiger partial charge in [-0.15, -0.1) is 0 Å². The largest absolute Gasteiger partial charge is 0.358 e. The minimum atomic E-state index is -0.394. The standard InChI is InChI=1S/C13H16N4O2/c1-13(2)9-15-5-6-16(13)12-7-10(8-14)3-4-11(12)17(18)19/h3-4,7,15H,5-6,9H2,1-2H3. The summed E-state index contributed by atoms with van der Waals surface area (Å²) in [4.78, 5) is 12.8. The SMILES string of the molecule is CC1(C)CNCCN1c1cc(C#N)ccc1[N+](=O)[O-]. The fraction of sp³-hybridized carbons (Fsp3) is 0.462. The van der Waals surface area contributed by atoms with Crippen LogP contribution in [-0.2, 0) is 0 Å². The molecule has 1 aromatic carbocycles. The molecule has 0 unspecified atom stereocenters. The van der Waals surface area contributed by atoms with E-state index in [4.69, 9.17) is 5.26 Å². The molecule has 1 saturated heterocycles. The summed E-state index contributed by atoms with van der Waals surface area (Å²) in [7, 11) is 0. The lowest BCUT2D eigenvalue weighted by Crippen LogP contribution is -2.58. The first-order chi connectivity index (χ1) is 8.95. The first-order valence-electron chi connectivity index (χ1n) is 6.12. The van der Waals surface area contributed by atoms with Crippen LogP contribution in [-0.4, -0.2) is 30.1 Å². The Balaban J connectivity index is 2.52. The second kappa shape index (κ2) is 4.86. The highest BCUT2D eigenvalue weighted by Crippen LogP contribution is 2.34. The van der Waals surface area contributed by atoms with Gasteiger partial charge in [-0.05, 0) is 26.0 Å².